The van der Waals surface area contributed by atoms with Crippen molar-refractivity contribution in [3.63, 3.8) is 0 Å². The van der Waals surface area contributed by atoms with Crippen molar-refractivity contribution in [1.29, 1.82) is 0 Å². The van der Waals surface area contributed by atoms with Crippen LogP contribution in [0.25, 0.3) is 0 Å². The summed E-state index contributed by atoms with van der Waals surface area (Å²) in [5, 5.41) is 2.89. The predicted molar refractivity (Wildman–Crippen MR) is 150 cm³/mol. The van der Waals surface area contributed by atoms with Gasteiger partial charge >= 0.3 is 0 Å². The molecule has 2 aliphatic rings. The Kier molecular flexibility index (Phi) is 9.24. The largest absolute Gasteiger partial charge is 0.493 e. The number of nitrogens with one attached hydrogen (secondary N) is 1. The van der Waals surface area contributed by atoms with Crippen LogP contribution in [0.1, 0.15) is 48.2 Å². The molecule has 0 aromatic heterocycles. The van der Waals surface area contributed by atoms with E-state index in [0.29, 0.717) is 47.5 Å². The number of nitrogens with zero attached hydrogens (tertiary/aromatic N) is 2. The van der Waals surface area contributed by atoms with E-state index in [1.807, 2.05) is 61.2 Å². The van der Waals surface area contributed by atoms with Gasteiger partial charge in [-0.15, -0.1) is 0 Å². The first-order valence-corrected chi connectivity index (χ1v) is 13.3. The van der Waals surface area contributed by atoms with Gasteiger partial charge in [-0.2, -0.15) is 0 Å². The van der Waals surface area contributed by atoms with E-state index in [0.717, 1.165) is 24.0 Å². The van der Waals surface area contributed by atoms with Crippen LogP contribution in [0.5, 0.6) is 11.5 Å². The molecule has 9 nitrogen and oxygen atoms in total. The van der Waals surface area contributed by atoms with Crippen LogP contribution in [0.3, 0.4) is 0 Å². The Morgan fingerprint density at radius 2 is 1.87 bits per heavy atom. The highest BCUT2D eigenvalue weighted by Crippen LogP contribution is 2.34. The van der Waals surface area contributed by atoms with Crippen LogP contribution >= 0.6 is 0 Å². The lowest BCUT2D eigenvalue weighted by molar-refractivity contribution is -0.114. The molecule has 2 unspecified atom stereocenters. The van der Waals surface area contributed by atoms with E-state index in [1.165, 1.54) is 0 Å². The number of para-hydroxylation sites is 1. The third-order valence-corrected chi connectivity index (χ3v) is 6.80. The highest BCUT2D eigenvalue weighted by atomic mass is 16.5. The maximum atomic E-state index is 13.1. The highest BCUT2D eigenvalue weighted by Gasteiger charge is 2.27. The monoisotopic (exact) mass is 534 g/mol. The number of hydrogen-bond donors (Lipinski definition) is 2. The molecule has 3 N–H and O–H groups in total. The van der Waals surface area contributed by atoms with Crippen LogP contribution in [-0.2, 0) is 22.7 Å². The minimum absolute atomic E-state index is 0.00641. The standard InChI is InChI=1S/C30H38N4O5/c1-19-16-34(17-20(2)39-19)30(36)23-8-5-7-21(13-23)18-38-27-10-6-9-24(28(27)37-4)15-33-29(35)26(32-3)14-25(31)22-11-12-22/h5-10,13-14,19-20,22H,11-12,15-18,31H2,1-4H3,(H,33,35). The van der Waals surface area contributed by atoms with Gasteiger partial charge in [-0.05, 0) is 62.4 Å². The number of carbonyl (C=O) groups is 2. The molecule has 2 fully saturated rings. The summed E-state index contributed by atoms with van der Waals surface area (Å²) in [4.78, 5) is 31.7. The van der Waals surface area contributed by atoms with Crippen molar-refractivity contribution in [1.82, 2.24) is 10.2 Å². The number of methoxy groups -OCH3 is 1. The quantitative estimate of drug-likeness (QED) is 0.451. The summed E-state index contributed by atoms with van der Waals surface area (Å²) < 4.78 is 17.5. The molecule has 39 heavy (non-hydrogen) atoms. The Morgan fingerprint density at radius 1 is 1.15 bits per heavy atom. The maximum Gasteiger partial charge on any atom is 0.269 e. The molecule has 0 spiro atoms. The van der Waals surface area contributed by atoms with Crippen LogP contribution < -0.4 is 20.5 Å². The number of carbonyl (C=O) groups excluding carboxylic acids is 2. The molecule has 4 rings (SSSR count). The molecule has 2 amide bonds. The van der Waals surface area contributed by atoms with Gasteiger partial charge in [0.1, 0.15) is 12.3 Å². The van der Waals surface area contributed by atoms with Gasteiger partial charge in [-0.25, -0.2) is 0 Å². The number of ether oxygens (including phenoxy) is 3. The molecule has 0 bridgehead atoms. The molecular formula is C30H38N4O5. The van der Waals surface area contributed by atoms with E-state index < -0.39 is 0 Å². The molecule has 0 radical (unpaired) electrons. The van der Waals surface area contributed by atoms with Gasteiger partial charge < -0.3 is 30.2 Å². The smallest absolute Gasteiger partial charge is 0.269 e. The van der Waals surface area contributed by atoms with E-state index in [1.54, 1.807) is 20.2 Å². The molecule has 2 atom stereocenters. The van der Waals surface area contributed by atoms with Crippen molar-refractivity contribution >= 4 is 17.5 Å². The van der Waals surface area contributed by atoms with E-state index in [9.17, 15) is 9.59 Å². The molecule has 9 heteroatoms. The summed E-state index contributed by atoms with van der Waals surface area (Å²) in [6, 6.07) is 13.0. The van der Waals surface area contributed by atoms with Crippen LogP contribution in [0, 0.1) is 5.92 Å². The fourth-order valence-electron chi connectivity index (χ4n) is 4.72. The lowest BCUT2D eigenvalue weighted by Crippen LogP contribution is -2.48. The Hall–Kier alpha value is -3.85. The van der Waals surface area contributed by atoms with E-state index >= 15 is 0 Å². The average molecular weight is 535 g/mol. The fourth-order valence-corrected chi connectivity index (χ4v) is 4.72. The van der Waals surface area contributed by atoms with Gasteiger partial charge in [0.2, 0.25) is 0 Å². The summed E-state index contributed by atoms with van der Waals surface area (Å²) in [6.45, 7) is 5.58. The van der Waals surface area contributed by atoms with Crippen molar-refractivity contribution in [2.24, 2.45) is 16.6 Å². The van der Waals surface area contributed by atoms with Gasteiger partial charge in [0.25, 0.3) is 11.8 Å². The zero-order chi connectivity index (χ0) is 27.9. The van der Waals surface area contributed by atoms with Crippen molar-refractivity contribution in [2.45, 2.75) is 52.0 Å². The second-order valence-corrected chi connectivity index (χ2v) is 10.1. The van der Waals surface area contributed by atoms with Gasteiger partial charge in [0.15, 0.2) is 11.5 Å². The minimum atomic E-state index is -0.306. The van der Waals surface area contributed by atoms with Crippen molar-refractivity contribution in [2.75, 3.05) is 27.2 Å². The third kappa shape index (κ3) is 7.38. The molecule has 2 aromatic rings. The Bertz CT molecular complexity index is 1240. The Morgan fingerprint density at radius 3 is 2.54 bits per heavy atom. The zero-order valence-electron chi connectivity index (χ0n) is 23.1. The molecule has 1 aliphatic carbocycles. The SMILES string of the molecule is CN=C(C=C(N)C1CC1)C(=O)NCc1cccc(OCc2cccc(C(=O)N3CC(C)OC(C)C3)c2)c1OC. The number of aliphatic imine (C=N–C) groups is 1. The summed E-state index contributed by atoms with van der Waals surface area (Å²) in [7, 11) is 3.14. The van der Waals surface area contributed by atoms with Crippen molar-refractivity contribution in [3.05, 3.63) is 70.9 Å². The third-order valence-electron chi connectivity index (χ3n) is 6.80. The molecule has 1 heterocycles. The van der Waals surface area contributed by atoms with Crippen LogP contribution in [-0.4, -0.2) is 61.9 Å². The number of hydrogen-bond acceptors (Lipinski definition) is 7. The molecular weight excluding hydrogens is 496 g/mol. The van der Waals surface area contributed by atoms with Crippen LogP contribution in [0.4, 0.5) is 0 Å². The summed E-state index contributed by atoms with van der Waals surface area (Å²) in [5.41, 5.74) is 9.28. The number of benzene rings is 2. The Labute approximate surface area is 230 Å². The van der Waals surface area contributed by atoms with Crippen molar-refractivity contribution in [3.8, 4) is 11.5 Å². The first-order chi connectivity index (χ1) is 18.8. The number of amides is 2. The fraction of sp³-hybridized carbons (Fsp3) is 0.433. The van der Waals surface area contributed by atoms with Gasteiger partial charge in [-0.3, -0.25) is 14.6 Å². The van der Waals surface area contributed by atoms with Gasteiger partial charge in [0, 0.05) is 43.5 Å². The van der Waals surface area contributed by atoms with E-state index in [-0.39, 0.29) is 37.2 Å². The molecule has 1 saturated heterocycles. The van der Waals surface area contributed by atoms with E-state index in [2.05, 4.69) is 10.3 Å². The highest BCUT2D eigenvalue weighted by molar-refractivity contribution is 6.43. The molecule has 1 aliphatic heterocycles. The minimum Gasteiger partial charge on any atom is -0.493 e. The van der Waals surface area contributed by atoms with Crippen molar-refractivity contribution < 1.29 is 23.8 Å². The summed E-state index contributed by atoms with van der Waals surface area (Å²) in [5.74, 6) is 1.11. The second kappa shape index (κ2) is 12.8. The van der Waals surface area contributed by atoms with Gasteiger partial charge in [-0.1, -0.05) is 24.3 Å². The normalized spacial score (nSPS) is 19.9. The van der Waals surface area contributed by atoms with Crippen LogP contribution in [0.2, 0.25) is 0 Å². The zero-order valence-corrected chi connectivity index (χ0v) is 23.1. The second-order valence-electron chi connectivity index (χ2n) is 10.1. The lowest BCUT2D eigenvalue weighted by atomic mass is 10.1. The first-order valence-electron chi connectivity index (χ1n) is 13.3. The van der Waals surface area contributed by atoms with Crippen LogP contribution in [0.15, 0.2) is 59.2 Å². The lowest BCUT2D eigenvalue weighted by Gasteiger charge is -2.35. The van der Waals surface area contributed by atoms with Gasteiger partial charge in [0.05, 0.1) is 19.3 Å². The number of allylic oxidation sites excluding steroid dienone is 1. The predicted octanol–water partition coefficient (Wildman–Crippen LogP) is 3.46. The molecule has 2 aromatic carbocycles. The number of rotatable bonds is 10. The summed E-state index contributed by atoms with van der Waals surface area (Å²) >= 11 is 0. The first kappa shape index (κ1) is 28.2. The number of nitrogens with two attached hydrogens (primary N) is 1. The number of morpholine rings is 1. The maximum absolute atomic E-state index is 13.1. The summed E-state index contributed by atoms with van der Waals surface area (Å²) in [6.07, 6.45) is 3.78. The molecule has 1 saturated carbocycles. The average Bonchev–Trinajstić information content (AvgIpc) is 3.78. The topological polar surface area (TPSA) is 115 Å². The van der Waals surface area contributed by atoms with E-state index in [4.69, 9.17) is 19.9 Å². The Balaban J connectivity index is 1.39. The molecule has 208 valence electrons.